The summed E-state index contributed by atoms with van der Waals surface area (Å²) in [5, 5.41) is 9.89. The second-order valence-corrected chi connectivity index (χ2v) is 9.49. The maximum absolute atomic E-state index is 9.89. The van der Waals surface area contributed by atoms with Crippen molar-refractivity contribution in [2.24, 2.45) is 0 Å². The van der Waals surface area contributed by atoms with E-state index in [1.165, 1.54) is 21.7 Å². The number of aliphatic hydroxyl groups excluding tert-OH is 1. The molecule has 0 amide bonds. The van der Waals surface area contributed by atoms with Gasteiger partial charge in [-0.3, -0.25) is 0 Å². The molecular formula is C24H39N2O2+. The summed E-state index contributed by atoms with van der Waals surface area (Å²) >= 11 is 0. The lowest BCUT2D eigenvalue weighted by molar-refractivity contribution is -0.962. The van der Waals surface area contributed by atoms with Gasteiger partial charge < -0.3 is 19.3 Å². The highest BCUT2D eigenvalue weighted by atomic mass is 16.5. The molecule has 0 aliphatic heterocycles. The van der Waals surface area contributed by atoms with Gasteiger partial charge in [-0.15, -0.1) is 0 Å². The van der Waals surface area contributed by atoms with Crippen molar-refractivity contribution in [3.63, 3.8) is 0 Å². The van der Waals surface area contributed by atoms with Crippen LogP contribution in [0.25, 0.3) is 0 Å². The Balaban J connectivity index is 2.12. The third-order valence-electron chi connectivity index (χ3n) is 5.67. The molecule has 1 aromatic heterocycles. The van der Waals surface area contributed by atoms with Crippen molar-refractivity contribution in [3.8, 4) is 0 Å². The molecular weight excluding hydrogens is 348 g/mol. The molecule has 0 spiro atoms. The van der Waals surface area contributed by atoms with Crippen molar-refractivity contribution in [1.29, 1.82) is 0 Å². The fourth-order valence-electron chi connectivity index (χ4n) is 3.50. The van der Waals surface area contributed by atoms with Gasteiger partial charge in [0.25, 0.3) is 0 Å². The number of ether oxygens (including phenoxy) is 1. The molecule has 0 fully saturated rings. The molecule has 0 bridgehead atoms. The Bertz CT molecular complexity index is 711. The van der Waals surface area contributed by atoms with Gasteiger partial charge in [0.05, 0.1) is 25.5 Å². The van der Waals surface area contributed by atoms with E-state index in [0.717, 1.165) is 32.7 Å². The molecule has 4 heteroatoms. The van der Waals surface area contributed by atoms with Gasteiger partial charge in [-0.25, -0.2) is 0 Å². The summed E-state index contributed by atoms with van der Waals surface area (Å²) in [4.78, 5) is 1.38. The number of quaternary nitrogens is 1. The highest BCUT2D eigenvalue weighted by Crippen LogP contribution is 2.22. The Kier molecular flexibility index (Phi) is 7.87. The molecule has 2 N–H and O–H groups in total. The molecule has 2 aromatic rings. The average molecular weight is 388 g/mol. The van der Waals surface area contributed by atoms with Crippen LogP contribution in [0.15, 0.2) is 42.6 Å². The standard InChI is InChI=1S/C24H38N2O2/c1-23(2,3)21-12-10-20(11-13-21)17-25-14-7-9-22(25)18-26(15-8-16-28-6)24(4,5)19-27/h7,9-14,27H,8,15-19H2,1-6H3/p+1. The molecule has 1 unspecified atom stereocenters. The van der Waals surface area contributed by atoms with E-state index in [2.05, 4.69) is 81.8 Å². The molecule has 156 valence electrons. The monoisotopic (exact) mass is 387 g/mol. The van der Waals surface area contributed by atoms with Crippen molar-refractivity contribution in [2.45, 2.75) is 65.1 Å². The number of nitrogens with one attached hydrogen (secondary N) is 1. The van der Waals surface area contributed by atoms with E-state index in [1.807, 2.05) is 0 Å². The van der Waals surface area contributed by atoms with Gasteiger partial charge in [0, 0.05) is 26.3 Å². The lowest BCUT2D eigenvalue weighted by Gasteiger charge is -2.34. The minimum atomic E-state index is -0.183. The highest BCUT2D eigenvalue weighted by molar-refractivity contribution is 5.28. The number of aromatic nitrogens is 1. The SMILES string of the molecule is COCCC[NH+](Cc1cccn1Cc1ccc(C(C)(C)C)cc1)C(C)(C)CO. The van der Waals surface area contributed by atoms with Crippen LogP contribution in [-0.4, -0.2) is 42.1 Å². The summed E-state index contributed by atoms with van der Waals surface area (Å²) in [5.74, 6) is 0. The van der Waals surface area contributed by atoms with Crippen molar-refractivity contribution in [3.05, 3.63) is 59.4 Å². The summed E-state index contributed by atoms with van der Waals surface area (Å²) < 4.78 is 7.56. The Hall–Kier alpha value is -1.62. The van der Waals surface area contributed by atoms with Gasteiger partial charge in [0.1, 0.15) is 12.1 Å². The van der Waals surface area contributed by atoms with E-state index in [0.29, 0.717) is 0 Å². The van der Waals surface area contributed by atoms with Crippen molar-refractivity contribution >= 4 is 0 Å². The lowest BCUT2D eigenvalue weighted by Crippen LogP contribution is -3.19. The molecule has 0 aliphatic carbocycles. The van der Waals surface area contributed by atoms with E-state index in [1.54, 1.807) is 7.11 Å². The zero-order valence-electron chi connectivity index (χ0n) is 18.6. The molecule has 0 saturated carbocycles. The van der Waals surface area contributed by atoms with E-state index in [-0.39, 0.29) is 17.6 Å². The summed E-state index contributed by atoms with van der Waals surface area (Å²) in [7, 11) is 1.74. The quantitative estimate of drug-likeness (QED) is 0.615. The van der Waals surface area contributed by atoms with E-state index < -0.39 is 0 Å². The number of methoxy groups -OCH3 is 1. The molecule has 4 nitrogen and oxygen atoms in total. The smallest absolute Gasteiger partial charge is 0.118 e. The van der Waals surface area contributed by atoms with Crippen LogP contribution in [0.3, 0.4) is 0 Å². The summed E-state index contributed by atoms with van der Waals surface area (Å²) in [6, 6.07) is 13.3. The van der Waals surface area contributed by atoms with Crippen LogP contribution < -0.4 is 4.90 Å². The summed E-state index contributed by atoms with van der Waals surface area (Å²) in [6.07, 6.45) is 3.15. The number of benzene rings is 1. The van der Waals surface area contributed by atoms with Gasteiger partial charge >= 0.3 is 0 Å². The third kappa shape index (κ3) is 6.20. The van der Waals surface area contributed by atoms with Crippen LogP contribution in [-0.2, 0) is 23.2 Å². The number of hydrogen-bond acceptors (Lipinski definition) is 2. The van der Waals surface area contributed by atoms with E-state index >= 15 is 0 Å². The predicted octanol–water partition coefficient (Wildman–Crippen LogP) is 3.03. The normalized spacial score (nSPS) is 13.7. The average Bonchev–Trinajstić information content (AvgIpc) is 3.07. The lowest BCUT2D eigenvalue weighted by atomic mass is 9.87. The highest BCUT2D eigenvalue weighted by Gasteiger charge is 2.30. The maximum Gasteiger partial charge on any atom is 0.118 e. The molecule has 1 aromatic carbocycles. The topological polar surface area (TPSA) is 38.8 Å². The third-order valence-corrected chi connectivity index (χ3v) is 5.67. The number of rotatable bonds is 10. The molecule has 1 atom stereocenters. The van der Waals surface area contributed by atoms with Crippen LogP contribution in [0, 0.1) is 0 Å². The van der Waals surface area contributed by atoms with Crippen LogP contribution >= 0.6 is 0 Å². The van der Waals surface area contributed by atoms with Crippen molar-refractivity contribution in [1.82, 2.24) is 4.57 Å². The summed E-state index contributed by atoms with van der Waals surface area (Å²) in [6.45, 7) is 14.7. The predicted molar refractivity (Wildman–Crippen MR) is 116 cm³/mol. The first-order chi connectivity index (χ1) is 13.2. The zero-order valence-corrected chi connectivity index (χ0v) is 18.6. The Morgan fingerprint density at radius 2 is 1.71 bits per heavy atom. The van der Waals surface area contributed by atoms with Gasteiger partial charge in [-0.1, -0.05) is 45.0 Å². The minimum Gasteiger partial charge on any atom is -0.390 e. The first-order valence-corrected chi connectivity index (χ1v) is 10.4. The first-order valence-electron chi connectivity index (χ1n) is 10.4. The van der Waals surface area contributed by atoms with E-state index in [4.69, 9.17) is 4.74 Å². The maximum atomic E-state index is 9.89. The van der Waals surface area contributed by atoms with Crippen LogP contribution in [0.2, 0.25) is 0 Å². The molecule has 0 radical (unpaired) electrons. The van der Waals surface area contributed by atoms with Crippen molar-refractivity contribution < 1.29 is 14.7 Å². The minimum absolute atomic E-state index is 0.171. The van der Waals surface area contributed by atoms with Gasteiger partial charge in [-0.2, -0.15) is 0 Å². The number of hydrogen-bond donors (Lipinski definition) is 2. The molecule has 1 heterocycles. The van der Waals surface area contributed by atoms with Crippen LogP contribution in [0.4, 0.5) is 0 Å². The Labute approximate surface area is 171 Å². The molecule has 0 aliphatic rings. The zero-order chi connectivity index (χ0) is 20.8. The second kappa shape index (κ2) is 9.73. The Morgan fingerprint density at radius 3 is 2.29 bits per heavy atom. The molecule has 0 saturated heterocycles. The largest absolute Gasteiger partial charge is 0.390 e. The Morgan fingerprint density at radius 1 is 1.04 bits per heavy atom. The van der Waals surface area contributed by atoms with Gasteiger partial charge in [0.2, 0.25) is 0 Å². The van der Waals surface area contributed by atoms with Crippen molar-refractivity contribution in [2.75, 3.05) is 26.9 Å². The molecule has 28 heavy (non-hydrogen) atoms. The fourth-order valence-corrected chi connectivity index (χ4v) is 3.50. The van der Waals surface area contributed by atoms with Crippen LogP contribution in [0.1, 0.15) is 57.9 Å². The fraction of sp³-hybridized carbons (Fsp3) is 0.583. The summed E-state index contributed by atoms with van der Waals surface area (Å²) in [5.41, 5.74) is 3.97. The second-order valence-electron chi connectivity index (χ2n) is 9.49. The van der Waals surface area contributed by atoms with Gasteiger partial charge in [0.15, 0.2) is 0 Å². The molecule has 2 rings (SSSR count). The number of aliphatic hydroxyl groups is 1. The number of nitrogens with zero attached hydrogens (tertiary/aromatic N) is 1. The van der Waals surface area contributed by atoms with Gasteiger partial charge in [-0.05, 0) is 42.5 Å². The van der Waals surface area contributed by atoms with E-state index in [9.17, 15) is 5.11 Å². The first kappa shape index (κ1) is 22.7. The van der Waals surface area contributed by atoms with Crippen LogP contribution in [0.5, 0.6) is 0 Å².